The summed E-state index contributed by atoms with van der Waals surface area (Å²) in [5.41, 5.74) is -1.44. The van der Waals surface area contributed by atoms with Gasteiger partial charge >= 0.3 is 6.18 Å². The monoisotopic (exact) mass is 366 g/mol. The van der Waals surface area contributed by atoms with Crippen LogP contribution in [0.4, 0.5) is 13.2 Å². The topological polar surface area (TPSA) is 60.5 Å². The van der Waals surface area contributed by atoms with E-state index in [0.29, 0.717) is 12.2 Å². The highest BCUT2D eigenvalue weighted by Gasteiger charge is 2.39. The molecular formula is C18H17F3N2O3. The van der Waals surface area contributed by atoms with Crippen molar-refractivity contribution >= 4 is 5.91 Å². The molecule has 138 valence electrons. The zero-order valence-electron chi connectivity index (χ0n) is 14.0. The summed E-state index contributed by atoms with van der Waals surface area (Å²) >= 11 is 0. The zero-order chi connectivity index (χ0) is 18.8. The number of ether oxygens (including phenoxy) is 2. The highest BCUT2D eigenvalue weighted by atomic mass is 19.4. The minimum absolute atomic E-state index is 0.141. The van der Waals surface area contributed by atoms with Gasteiger partial charge in [-0.25, -0.2) is 4.98 Å². The second kappa shape index (κ2) is 6.95. The predicted molar refractivity (Wildman–Crippen MR) is 87.0 cm³/mol. The Morgan fingerprint density at radius 3 is 2.77 bits per heavy atom. The van der Waals surface area contributed by atoms with Crippen LogP contribution >= 0.6 is 0 Å². The van der Waals surface area contributed by atoms with Crippen molar-refractivity contribution < 1.29 is 27.4 Å². The number of rotatable bonds is 4. The Balaban J connectivity index is 1.84. The summed E-state index contributed by atoms with van der Waals surface area (Å²) in [6.07, 6.45) is -4.19. The van der Waals surface area contributed by atoms with Crippen LogP contribution in [0.15, 0.2) is 42.5 Å². The molecule has 0 bridgehead atoms. The van der Waals surface area contributed by atoms with Gasteiger partial charge in [0.05, 0.1) is 6.61 Å². The van der Waals surface area contributed by atoms with Crippen molar-refractivity contribution in [2.75, 3.05) is 20.3 Å². The number of para-hydroxylation sites is 1. The van der Waals surface area contributed by atoms with Gasteiger partial charge in [0.25, 0.3) is 5.91 Å². The molecule has 1 aromatic heterocycles. The number of carbonyl (C=O) groups is 1. The lowest BCUT2D eigenvalue weighted by atomic mass is 9.89. The molecule has 1 aliphatic rings. The Hall–Kier alpha value is -2.61. The predicted octanol–water partition coefficient (Wildman–Crippen LogP) is 2.85. The molecule has 0 unspecified atom stereocenters. The summed E-state index contributed by atoms with van der Waals surface area (Å²) in [6.45, 7) is 0.286. The average Bonchev–Trinajstić information content (AvgIpc) is 2.61. The lowest BCUT2D eigenvalue weighted by molar-refractivity contribution is -0.141. The third-order valence-corrected chi connectivity index (χ3v) is 4.08. The Labute approximate surface area is 148 Å². The van der Waals surface area contributed by atoms with Crippen LogP contribution in [0.1, 0.15) is 21.7 Å². The van der Waals surface area contributed by atoms with E-state index in [0.717, 1.165) is 17.7 Å². The van der Waals surface area contributed by atoms with E-state index < -0.39 is 23.3 Å². The molecule has 26 heavy (non-hydrogen) atoms. The van der Waals surface area contributed by atoms with Crippen molar-refractivity contribution in [3.8, 4) is 5.75 Å². The molecule has 3 rings (SSSR count). The lowest BCUT2D eigenvalue weighted by Gasteiger charge is -2.38. The number of hydrogen-bond donors (Lipinski definition) is 1. The highest BCUT2D eigenvalue weighted by Crippen LogP contribution is 2.30. The summed E-state index contributed by atoms with van der Waals surface area (Å²) in [4.78, 5) is 16.0. The number of aromatic nitrogens is 1. The van der Waals surface area contributed by atoms with E-state index in [9.17, 15) is 18.0 Å². The van der Waals surface area contributed by atoms with E-state index in [1.54, 1.807) is 0 Å². The van der Waals surface area contributed by atoms with Crippen LogP contribution in [0.2, 0.25) is 0 Å². The minimum atomic E-state index is -4.62. The molecule has 2 heterocycles. The summed E-state index contributed by atoms with van der Waals surface area (Å²) in [5.74, 6) is 0.00167. The minimum Gasteiger partial charge on any atom is -0.491 e. The van der Waals surface area contributed by atoms with Gasteiger partial charge in [0.15, 0.2) is 0 Å². The SMILES string of the molecule is COC[C@@]1(NC(=O)c2cccc(C(F)(F)F)n2)COc2ccccc2C1. The van der Waals surface area contributed by atoms with E-state index in [-0.39, 0.29) is 18.9 Å². The van der Waals surface area contributed by atoms with Crippen molar-refractivity contribution in [3.05, 3.63) is 59.4 Å². The van der Waals surface area contributed by atoms with Crippen LogP contribution in [0, 0.1) is 0 Å². The van der Waals surface area contributed by atoms with Gasteiger partial charge in [0.2, 0.25) is 0 Å². The largest absolute Gasteiger partial charge is 0.491 e. The molecule has 8 heteroatoms. The van der Waals surface area contributed by atoms with E-state index >= 15 is 0 Å². The van der Waals surface area contributed by atoms with Gasteiger partial charge in [-0.05, 0) is 23.8 Å². The van der Waals surface area contributed by atoms with Crippen LogP contribution < -0.4 is 10.1 Å². The summed E-state index contributed by atoms with van der Waals surface area (Å²) in [7, 11) is 1.48. The molecule has 0 aliphatic carbocycles. The molecule has 1 aliphatic heterocycles. The average molecular weight is 366 g/mol. The Bertz CT molecular complexity index is 810. The van der Waals surface area contributed by atoms with Crippen LogP contribution in [0.3, 0.4) is 0 Å². The molecule has 2 aromatic rings. The Morgan fingerprint density at radius 2 is 2.04 bits per heavy atom. The van der Waals surface area contributed by atoms with Crippen LogP contribution in [-0.4, -0.2) is 36.8 Å². The third kappa shape index (κ3) is 3.80. The number of fused-ring (bicyclic) bond motifs is 1. The first kappa shape index (κ1) is 18.2. The van der Waals surface area contributed by atoms with Crippen molar-refractivity contribution in [1.29, 1.82) is 0 Å². The molecule has 0 saturated heterocycles. The molecule has 5 nitrogen and oxygen atoms in total. The Kier molecular flexibility index (Phi) is 4.86. The summed E-state index contributed by atoms with van der Waals surface area (Å²) in [6, 6.07) is 10.6. The van der Waals surface area contributed by atoms with Gasteiger partial charge in [0, 0.05) is 13.5 Å². The van der Waals surface area contributed by atoms with Gasteiger partial charge in [-0.15, -0.1) is 0 Å². The van der Waals surface area contributed by atoms with Gasteiger partial charge in [0.1, 0.15) is 29.3 Å². The quantitative estimate of drug-likeness (QED) is 0.904. The van der Waals surface area contributed by atoms with E-state index in [1.807, 2.05) is 24.3 Å². The number of amides is 1. The van der Waals surface area contributed by atoms with E-state index in [1.165, 1.54) is 13.2 Å². The molecular weight excluding hydrogens is 349 g/mol. The van der Waals surface area contributed by atoms with Crippen molar-refractivity contribution in [3.63, 3.8) is 0 Å². The van der Waals surface area contributed by atoms with Crippen LogP contribution in [0.5, 0.6) is 5.75 Å². The lowest BCUT2D eigenvalue weighted by Crippen LogP contribution is -2.59. The standard InChI is InChI=1S/C18H17F3N2O3/c1-25-10-17(9-12-5-2-3-7-14(12)26-11-17)23-16(24)13-6-4-8-15(22-13)18(19,20)21/h2-8H,9-11H2,1H3,(H,23,24)/t17-/m1/s1. The fraction of sp³-hybridized carbons (Fsp3) is 0.333. The highest BCUT2D eigenvalue weighted by molar-refractivity contribution is 5.93. The molecule has 0 spiro atoms. The number of pyridine rings is 1. The molecule has 1 aromatic carbocycles. The first-order chi connectivity index (χ1) is 12.3. The van der Waals surface area contributed by atoms with E-state index in [2.05, 4.69) is 10.3 Å². The molecule has 0 saturated carbocycles. The normalized spacial score (nSPS) is 19.4. The second-order valence-electron chi connectivity index (χ2n) is 6.15. The maximum absolute atomic E-state index is 12.8. The van der Waals surface area contributed by atoms with Crippen molar-refractivity contribution in [2.45, 2.75) is 18.1 Å². The fourth-order valence-electron chi connectivity index (χ4n) is 2.93. The number of benzene rings is 1. The maximum atomic E-state index is 12.8. The van der Waals surface area contributed by atoms with Gasteiger partial charge < -0.3 is 14.8 Å². The number of nitrogens with one attached hydrogen (secondary N) is 1. The zero-order valence-corrected chi connectivity index (χ0v) is 14.0. The molecule has 1 amide bonds. The van der Waals surface area contributed by atoms with Crippen LogP contribution in [-0.2, 0) is 17.3 Å². The van der Waals surface area contributed by atoms with Crippen molar-refractivity contribution in [2.24, 2.45) is 0 Å². The number of hydrogen-bond acceptors (Lipinski definition) is 4. The second-order valence-corrected chi connectivity index (χ2v) is 6.15. The molecule has 0 fully saturated rings. The summed E-state index contributed by atoms with van der Waals surface area (Å²) in [5, 5.41) is 2.75. The number of carbonyl (C=O) groups excluding carboxylic acids is 1. The maximum Gasteiger partial charge on any atom is 0.433 e. The number of methoxy groups -OCH3 is 1. The molecule has 1 N–H and O–H groups in total. The number of nitrogens with zero attached hydrogens (tertiary/aromatic N) is 1. The van der Waals surface area contributed by atoms with E-state index in [4.69, 9.17) is 9.47 Å². The Morgan fingerprint density at radius 1 is 1.27 bits per heavy atom. The smallest absolute Gasteiger partial charge is 0.433 e. The number of alkyl halides is 3. The molecule has 1 atom stereocenters. The van der Waals surface area contributed by atoms with Gasteiger partial charge in [-0.1, -0.05) is 24.3 Å². The first-order valence-electron chi connectivity index (χ1n) is 7.89. The first-order valence-corrected chi connectivity index (χ1v) is 7.89. The van der Waals surface area contributed by atoms with Gasteiger partial charge in [-0.3, -0.25) is 4.79 Å². The third-order valence-electron chi connectivity index (χ3n) is 4.08. The number of halogens is 3. The molecule has 0 radical (unpaired) electrons. The van der Waals surface area contributed by atoms with Crippen LogP contribution in [0.25, 0.3) is 0 Å². The fourth-order valence-corrected chi connectivity index (χ4v) is 2.93. The summed E-state index contributed by atoms with van der Waals surface area (Å²) < 4.78 is 49.4. The van der Waals surface area contributed by atoms with Crippen molar-refractivity contribution in [1.82, 2.24) is 10.3 Å². The van der Waals surface area contributed by atoms with Gasteiger partial charge in [-0.2, -0.15) is 13.2 Å².